The van der Waals surface area contributed by atoms with Gasteiger partial charge in [-0.15, -0.1) is 0 Å². The standard InChI is InChI=1S/C16H22Cl2N4O4S/c1-8(23)15(16(26)21-7-14(25)20-6-12(19)27)22-13(24)4-9-2-10(17)5-11(18)3-9/h2-3,5,8,12,15,23,27H,4,6-7,19H2,1H3,(H,20,25)(H,21,26)(H,22,24)/t8-,12+,15+/m1/s1. The molecule has 0 aliphatic carbocycles. The van der Waals surface area contributed by atoms with Crippen molar-refractivity contribution in [3.8, 4) is 0 Å². The normalized spacial score (nSPS) is 14.0. The number of nitrogens with two attached hydrogens (primary N) is 1. The molecule has 0 aliphatic rings. The fraction of sp³-hybridized carbons (Fsp3) is 0.438. The second-order valence-corrected chi connectivity index (χ2v) is 7.37. The number of hydrogen-bond acceptors (Lipinski definition) is 6. The number of aliphatic hydroxyl groups excluding tert-OH is 1. The highest BCUT2D eigenvalue weighted by molar-refractivity contribution is 7.80. The number of aliphatic hydroxyl groups is 1. The minimum atomic E-state index is -1.23. The second-order valence-electron chi connectivity index (χ2n) is 5.83. The maximum atomic E-state index is 12.2. The summed E-state index contributed by atoms with van der Waals surface area (Å²) in [5.41, 5.74) is 5.94. The maximum absolute atomic E-state index is 12.2. The highest BCUT2D eigenvalue weighted by Crippen LogP contribution is 2.19. The van der Waals surface area contributed by atoms with Crippen LogP contribution in [0.4, 0.5) is 0 Å². The Hall–Kier alpha value is -1.52. The van der Waals surface area contributed by atoms with Gasteiger partial charge in [-0.1, -0.05) is 23.2 Å². The van der Waals surface area contributed by atoms with Gasteiger partial charge in [0.05, 0.1) is 24.4 Å². The number of benzene rings is 1. The van der Waals surface area contributed by atoms with Crippen LogP contribution < -0.4 is 21.7 Å². The van der Waals surface area contributed by atoms with Gasteiger partial charge in [0.2, 0.25) is 17.7 Å². The quantitative estimate of drug-likeness (QED) is 0.236. The van der Waals surface area contributed by atoms with E-state index in [9.17, 15) is 19.5 Å². The molecule has 0 bridgehead atoms. The van der Waals surface area contributed by atoms with E-state index in [-0.39, 0.29) is 19.5 Å². The molecule has 0 aliphatic heterocycles. The van der Waals surface area contributed by atoms with Crippen LogP contribution in [-0.2, 0) is 20.8 Å². The van der Waals surface area contributed by atoms with Gasteiger partial charge in [-0.05, 0) is 30.7 Å². The Labute approximate surface area is 172 Å². The summed E-state index contributed by atoms with van der Waals surface area (Å²) in [7, 11) is 0. The van der Waals surface area contributed by atoms with E-state index in [2.05, 4.69) is 28.6 Å². The molecule has 0 spiro atoms. The summed E-state index contributed by atoms with van der Waals surface area (Å²) in [4.78, 5) is 35.9. The Bertz CT molecular complexity index is 668. The highest BCUT2D eigenvalue weighted by atomic mass is 35.5. The molecule has 11 heteroatoms. The highest BCUT2D eigenvalue weighted by Gasteiger charge is 2.26. The Morgan fingerprint density at radius 3 is 2.26 bits per heavy atom. The van der Waals surface area contributed by atoms with Crippen molar-refractivity contribution in [2.45, 2.75) is 30.9 Å². The van der Waals surface area contributed by atoms with Crippen molar-refractivity contribution in [3.63, 3.8) is 0 Å². The molecule has 6 N–H and O–H groups in total. The first-order valence-corrected chi connectivity index (χ1v) is 9.26. The van der Waals surface area contributed by atoms with Gasteiger partial charge in [0.15, 0.2) is 0 Å². The summed E-state index contributed by atoms with van der Waals surface area (Å²) in [6.07, 6.45) is -1.26. The van der Waals surface area contributed by atoms with Gasteiger partial charge in [0, 0.05) is 16.6 Å². The molecule has 0 saturated carbocycles. The van der Waals surface area contributed by atoms with Crippen LogP contribution in [-0.4, -0.2) is 53.4 Å². The zero-order valence-corrected chi connectivity index (χ0v) is 16.9. The first-order valence-electron chi connectivity index (χ1n) is 7.99. The molecule has 0 heterocycles. The summed E-state index contributed by atoms with van der Waals surface area (Å²) in [5, 5.41) is 17.2. The van der Waals surface area contributed by atoms with Crippen molar-refractivity contribution in [2.24, 2.45) is 5.73 Å². The SMILES string of the molecule is C[C@@H](O)[C@H](NC(=O)Cc1cc(Cl)cc(Cl)c1)C(=O)NCC(=O)NC[C@@H](N)S. The molecule has 0 unspecified atom stereocenters. The molecule has 150 valence electrons. The van der Waals surface area contributed by atoms with Crippen LogP contribution in [0.25, 0.3) is 0 Å². The Kier molecular flexibility index (Phi) is 9.89. The summed E-state index contributed by atoms with van der Waals surface area (Å²) >= 11 is 15.7. The van der Waals surface area contributed by atoms with Gasteiger partial charge in [0.25, 0.3) is 0 Å². The zero-order valence-electron chi connectivity index (χ0n) is 14.5. The van der Waals surface area contributed by atoms with Crippen molar-refractivity contribution < 1.29 is 19.5 Å². The third-order valence-corrected chi connectivity index (χ3v) is 3.92. The first kappa shape index (κ1) is 23.5. The zero-order chi connectivity index (χ0) is 20.6. The smallest absolute Gasteiger partial charge is 0.245 e. The molecule has 1 rings (SSSR count). The molecule has 27 heavy (non-hydrogen) atoms. The van der Waals surface area contributed by atoms with Gasteiger partial charge < -0.3 is 26.8 Å². The minimum absolute atomic E-state index is 0.0862. The number of thiol groups is 1. The van der Waals surface area contributed by atoms with Crippen LogP contribution in [0.1, 0.15) is 12.5 Å². The average molecular weight is 437 g/mol. The van der Waals surface area contributed by atoms with E-state index in [1.807, 2.05) is 0 Å². The number of nitrogens with one attached hydrogen (secondary N) is 3. The molecule has 1 aromatic carbocycles. The lowest BCUT2D eigenvalue weighted by Gasteiger charge is -2.21. The Morgan fingerprint density at radius 2 is 1.74 bits per heavy atom. The van der Waals surface area contributed by atoms with Gasteiger partial charge in [0.1, 0.15) is 6.04 Å². The lowest BCUT2D eigenvalue weighted by Crippen LogP contribution is -2.54. The van der Waals surface area contributed by atoms with Crippen LogP contribution in [0, 0.1) is 0 Å². The fourth-order valence-electron chi connectivity index (χ4n) is 2.09. The minimum Gasteiger partial charge on any atom is -0.391 e. The molecule has 0 saturated heterocycles. The maximum Gasteiger partial charge on any atom is 0.245 e. The molecule has 0 radical (unpaired) electrons. The fourth-order valence-corrected chi connectivity index (χ4v) is 2.75. The Balaban J connectivity index is 2.60. The van der Waals surface area contributed by atoms with Crippen molar-refractivity contribution in [1.29, 1.82) is 0 Å². The van der Waals surface area contributed by atoms with Crippen LogP contribution in [0.15, 0.2) is 18.2 Å². The third kappa shape index (κ3) is 9.30. The van der Waals surface area contributed by atoms with E-state index in [0.717, 1.165) is 0 Å². The largest absolute Gasteiger partial charge is 0.391 e. The molecular formula is C16H22Cl2N4O4S. The predicted octanol–water partition coefficient (Wildman–Crippen LogP) is -0.152. The van der Waals surface area contributed by atoms with Crippen molar-refractivity contribution in [1.82, 2.24) is 16.0 Å². The number of rotatable bonds is 9. The molecule has 0 aromatic heterocycles. The van der Waals surface area contributed by atoms with Crippen molar-refractivity contribution >= 4 is 53.6 Å². The predicted molar refractivity (Wildman–Crippen MR) is 107 cm³/mol. The van der Waals surface area contributed by atoms with E-state index in [1.165, 1.54) is 13.0 Å². The second kappa shape index (κ2) is 11.4. The molecule has 1 aromatic rings. The summed E-state index contributed by atoms with van der Waals surface area (Å²) in [5.74, 6) is -1.69. The van der Waals surface area contributed by atoms with Gasteiger partial charge >= 0.3 is 0 Å². The van der Waals surface area contributed by atoms with Gasteiger partial charge in [-0.2, -0.15) is 12.6 Å². The molecule has 3 atom stereocenters. The van der Waals surface area contributed by atoms with Crippen LogP contribution >= 0.6 is 35.8 Å². The lowest BCUT2D eigenvalue weighted by atomic mass is 10.1. The molecule has 0 fully saturated rings. The number of halogens is 2. The van der Waals surface area contributed by atoms with E-state index >= 15 is 0 Å². The summed E-state index contributed by atoms with van der Waals surface area (Å²) in [6.45, 7) is 1.15. The monoisotopic (exact) mass is 436 g/mol. The molecule has 3 amide bonds. The van der Waals surface area contributed by atoms with Crippen LogP contribution in [0.2, 0.25) is 10.0 Å². The van der Waals surface area contributed by atoms with E-state index < -0.39 is 35.2 Å². The van der Waals surface area contributed by atoms with Crippen molar-refractivity contribution in [3.05, 3.63) is 33.8 Å². The average Bonchev–Trinajstić information content (AvgIpc) is 2.54. The number of carbonyl (C=O) groups is 3. The van der Waals surface area contributed by atoms with Crippen LogP contribution in [0.3, 0.4) is 0 Å². The van der Waals surface area contributed by atoms with E-state index in [1.54, 1.807) is 12.1 Å². The third-order valence-electron chi connectivity index (χ3n) is 3.30. The van der Waals surface area contributed by atoms with E-state index in [0.29, 0.717) is 15.6 Å². The Morgan fingerprint density at radius 1 is 1.15 bits per heavy atom. The molecular weight excluding hydrogens is 415 g/mol. The number of amides is 3. The number of carbonyl (C=O) groups excluding carboxylic acids is 3. The van der Waals surface area contributed by atoms with E-state index in [4.69, 9.17) is 28.9 Å². The van der Waals surface area contributed by atoms with Gasteiger partial charge in [-0.3, -0.25) is 14.4 Å². The topological polar surface area (TPSA) is 134 Å². The summed E-state index contributed by atoms with van der Waals surface area (Å²) in [6, 6.07) is 3.44. The summed E-state index contributed by atoms with van der Waals surface area (Å²) < 4.78 is 0. The lowest BCUT2D eigenvalue weighted by molar-refractivity contribution is -0.132. The van der Waals surface area contributed by atoms with Crippen molar-refractivity contribution in [2.75, 3.05) is 13.1 Å². The van der Waals surface area contributed by atoms with Crippen LogP contribution in [0.5, 0.6) is 0 Å². The van der Waals surface area contributed by atoms with Gasteiger partial charge in [-0.25, -0.2) is 0 Å². The molecule has 8 nitrogen and oxygen atoms in total. The first-order chi connectivity index (χ1) is 12.6. The number of hydrogen-bond donors (Lipinski definition) is 6.